The SMILES string of the molecule is O=C(O)C1CC1C(=O)c1cc(Cl)c2c(c1)OCCO2. The van der Waals surface area contributed by atoms with Crippen LogP contribution in [0.25, 0.3) is 0 Å². The Bertz CT molecular complexity index is 568. The van der Waals surface area contributed by atoms with E-state index < -0.39 is 17.8 Å². The molecule has 5 nitrogen and oxygen atoms in total. The number of benzene rings is 1. The molecule has 0 aromatic heterocycles. The highest BCUT2D eigenvalue weighted by molar-refractivity contribution is 6.32. The number of ether oxygens (including phenoxy) is 2. The quantitative estimate of drug-likeness (QED) is 0.859. The second-order valence-corrected chi connectivity index (χ2v) is 5.04. The highest BCUT2D eigenvalue weighted by Crippen LogP contribution is 2.44. The molecule has 0 spiro atoms. The third kappa shape index (κ3) is 2.14. The molecule has 1 fully saturated rings. The number of fused-ring (bicyclic) bond motifs is 1. The largest absolute Gasteiger partial charge is 0.486 e. The predicted molar refractivity (Wildman–Crippen MR) is 66.0 cm³/mol. The predicted octanol–water partition coefficient (Wildman–Crippen LogP) is 2.01. The Balaban J connectivity index is 1.88. The van der Waals surface area contributed by atoms with Gasteiger partial charge in [-0.3, -0.25) is 9.59 Å². The highest BCUT2D eigenvalue weighted by Gasteiger charge is 2.48. The van der Waals surface area contributed by atoms with Gasteiger partial charge in [-0.05, 0) is 18.6 Å². The molecule has 19 heavy (non-hydrogen) atoms. The second-order valence-electron chi connectivity index (χ2n) is 4.63. The molecule has 1 aliphatic carbocycles. The van der Waals surface area contributed by atoms with Crippen LogP contribution in [-0.2, 0) is 4.79 Å². The van der Waals surface area contributed by atoms with Gasteiger partial charge in [-0.1, -0.05) is 11.6 Å². The van der Waals surface area contributed by atoms with Crippen molar-refractivity contribution in [2.45, 2.75) is 6.42 Å². The van der Waals surface area contributed by atoms with Gasteiger partial charge in [-0.25, -0.2) is 0 Å². The van der Waals surface area contributed by atoms with Gasteiger partial charge in [0.25, 0.3) is 0 Å². The number of hydrogen-bond donors (Lipinski definition) is 1. The fraction of sp³-hybridized carbons (Fsp3) is 0.385. The van der Waals surface area contributed by atoms with E-state index in [0.29, 0.717) is 41.7 Å². The molecular weight excluding hydrogens is 272 g/mol. The summed E-state index contributed by atoms with van der Waals surface area (Å²) in [5.41, 5.74) is 0.378. The number of carboxylic acids is 1. The minimum Gasteiger partial charge on any atom is -0.486 e. The minimum atomic E-state index is -0.929. The number of aliphatic carboxylic acids is 1. The number of rotatable bonds is 3. The van der Waals surface area contributed by atoms with Crippen LogP contribution in [-0.4, -0.2) is 30.1 Å². The molecule has 6 heteroatoms. The molecule has 1 N–H and O–H groups in total. The molecule has 1 saturated carbocycles. The number of carboxylic acid groups (broad SMARTS) is 1. The lowest BCUT2D eigenvalue weighted by atomic mass is 10.0. The van der Waals surface area contributed by atoms with Gasteiger partial charge in [0, 0.05) is 11.5 Å². The molecule has 2 unspecified atom stereocenters. The van der Waals surface area contributed by atoms with E-state index in [-0.39, 0.29) is 5.78 Å². The summed E-state index contributed by atoms with van der Waals surface area (Å²) in [4.78, 5) is 22.9. The van der Waals surface area contributed by atoms with Gasteiger partial charge < -0.3 is 14.6 Å². The number of Topliss-reactive ketones (excluding diaryl/α,β-unsaturated/α-hetero) is 1. The van der Waals surface area contributed by atoms with Gasteiger partial charge in [0.2, 0.25) is 0 Å². The van der Waals surface area contributed by atoms with Crippen LogP contribution in [0.1, 0.15) is 16.8 Å². The van der Waals surface area contributed by atoms with Crippen molar-refractivity contribution in [1.29, 1.82) is 0 Å². The zero-order chi connectivity index (χ0) is 13.6. The molecule has 0 bridgehead atoms. The van der Waals surface area contributed by atoms with Gasteiger partial charge >= 0.3 is 5.97 Å². The Kier molecular flexibility index (Phi) is 2.86. The lowest BCUT2D eigenvalue weighted by Crippen LogP contribution is -2.16. The standard InChI is InChI=1S/C13H11ClO5/c14-9-3-6(4-10-12(9)19-2-1-18-10)11(15)7-5-8(7)13(16)17/h3-4,7-8H,1-2,5H2,(H,16,17). The highest BCUT2D eigenvalue weighted by atomic mass is 35.5. The number of carbonyl (C=O) groups is 2. The first-order valence-electron chi connectivity index (χ1n) is 5.94. The summed E-state index contributed by atoms with van der Waals surface area (Å²) >= 11 is 6.04. The molecule has 0 radical (unpaired) electrons. The summed E-state index contributed by atoms with van der Waals surface area (Å²) in [6, 6.07) is 3.08. The summed E-state index contributed by atoms with van der Waals surface area (Å²) in [5, 5.41) is 9.16. The Morgan fingerprint density at radius 1 is 1.21 bits per heavy atom. The van der Waals surface area contributed by atoms with Crippen LogP contribution in [0.5, 0.6) is 11.5 Å². The summed E-state index contributed by atoms with van der Waals surface area (Å²) in [7, 11) is 0. The van der Waals surface area contributed by atoms with Crippen molar-refractivity contribution in [3.8, 4) is 11.5 Å². The molecule has 2 atom stereocenters. The van der Waals surface area contributed by atoms with E-state index in [0.717, 1.165) is 0 Å². The molecule has 1 heterocycles. The van der Waals surface area contributed by atoms with Crippen molar-refractivity contribution < 1.29 is 24.2 Å². The van der Waals surface area contributed by atoms with E-state index >= 15 is 0 Å². The van der Waals surface area contributed by atoms with E-state index in [1.807, 2.05) is 0 Å². The molecule has 3 rings (SSSR count). The van der Waals surface area contributed by atoms with Gasteiger partial charge in [-0.2, -0.15) is 0 Å². The van der Waals surface area contributed by atoms with Crippen molar-refractivity contribution in [3.63, 3.8) is 0 Å². The van der Waals surface area contributed by atoms with E-state index in [4.69, 9.17) is 26.2 Å². The van der Waals surface area contributed by atoms with Crippen LogP contribution in [0, 0.1) is 11.8 Å². The third-order valence-corrected chi connectivity index (χ3v) is 3.61. The van der Waals surface area contributed by atoms with E-state index in [1.165, 1.54) is 6.07 Å². The molecule has 1 aliphatic heterocycles. The van der Waals surface area contributed by atoms with Crippen LogP contribution in [0.15, 0.2) is 12.1 Å². The van der Waals surface area contributed by atoms with Crippen LogP contribution in [0.3, 0.4) is 0 Å². The van der Waals surface area contributed by atoms with Crippen molar-refractivity contribution in [2.75, 3.05) is 13.2 Å². The van der Waals surface area contributed by atoms with E-state index in [9.17, 15) is 9.59 Å². The topological polar surface area (TPSA) is 72.8 Å². The average Bonchev–Trinajstić information content (AvgIpc) is 3.18. The maximum atomic E-state index is 12.1. The summed E-state index contributed by atoms with van der Waals surface area (Å²) in [5.74, 6) is -1.27. The normalized spacial score (nSPS) is 23.8. The second kappa shape index (κ2) is 4.42. The molecular formula is C13H11ClO5. The van der Waals surface area contributed by atoms with Gasteiger partial charge in [-0.15, -0.1) is 0 Å². The number of carbonyl (C=O) groups excluding carboxylic acids is 1. The smallest absolute Gasteiger partial charge is 0.307 e. The van der Waals surface area contributed by atoms with Crippen LogP contribution < -0.4 is 9.47 Å². The van der Waals surface area contributed by atoms with Crippen LogP contribution in [0.4, 0.5) is 0 Å². The van der Waals surface area contributed by atoms with Crippen molar-refractivity contribution in [3.05, 3.63) is 22.7 Å². The number of halogens is 1. The first-order chi connectivity index (χ1) is 9.08. The number of hydrogen-bond acceptors (Lipinski definition) is 4. The first-order valence-corrected chi connectivity index (χ1v) is 6.32. The zero-order valence-electron chi connectivity index (χ0n) is 9.89. The summed E-state index contributed by atoms with van der Waals surface area (Å²) < 4.78 is 10.8. The van der Waals surface area contributed by atoms with E-state index in [2.05, 4.69) is 0 Å². The molecule has 0 saturated heterocycles. The lowest BCUT2D eigenvalue weighted by Gasteiger charge is -2.20. The monoisotopic (exact) mass is 282 g/mol. The fourth-order valence-corrected chi connectivity index (χ4v) is 2.49. The fourth-order valence-electron chi connectivity index (χ4n) is 2.22. The van der Waals surface area contributed by atoms with E-state index in [1.54, 1.807) is 6.07 Å². The van der Waals surface area contributed by atoms with Gasteiger partial charge in [0.15, 0.2) is 17.3 Å². The lowest BCUT2D eigenvalue weighted by molar-refractivity contribution is -0.138. The molecule has 2 aliphatic rings. The van der Waals surface area contributed by atoms with Crippen molar-refractivity contribution >= 4 is 23.4 Å². The average molecular weight is 283 g/mol. The van der Waals surface area contributed by atoms with Gasteiger partial charge in [0.05, 0.1) is 10.9 Å². The third-order valence-electron chi connectivity index (χ3n) is 3.33. The first kappa shape index (κ1) is 12.3. The zero-order valence-corrected chi connectivity index (χ0v) is 10.6. The van der Waals surface area contributed by atoms with Crippen LogP contribution in [0.2, 0.25) is 5.02 Å². The Labute approximate surface area is 114 Å². The van der Waals surface area contributed by atoms with Crippen molar-refractivity contribution in [1.82, 2.24) is 0 Å². The van der Waals surface area contributed by atoms with Crippen molar-refractivity contribution in [2.24, 2.45) is 11.8 Å². The Morgan fingerprint density at radius 2 is 1.95 bits per heavy atom. The maximum absolute atomic E-state index is 12.1. The summed E-state index contributed by atoms with van der Waals surface area (Å²) in [6.45, 7) is 0.825. The molecule has 100 valence electrons. The maximum Gasteiger partial charge on any atom is 0.307 e. The van der Waals surface area contributed by atoms with Gasteiger partial charge in [0.1, 0.15) is 13.2 Å². The minimum absolute atomic E-state index is 0.203. The molecule has 0 amide bonds. The van der Waals surface area contributed by atoms with Crippen LogP contribution >= 0.6 is 11.6 Å². The summed E-state index contributed by atoms with van der Waals surface area (Å²) in [6.07, 6.45) is 0.389. The Hall–Kier alpha value is -1.75. The Morgan fingerprint density at radius 3 is 2.63 bits per heavy atom. The molecule has 1 aromatic rings. The molecule has 1 aromatic carbocycles. The number of ketones is 1.